The van der Waals surface area contributed by atoms with Crippen molar-refractivity contribution in [2.75, 3.05) is 32.5 Å². The smallest absolute Gasteiger partial charge is 0.0713 e. The highest BCUT2D eigenvalue weighted by atomic mass is 32.2. The van der Waals surface area contributed by atoms with Crippen molar-refractivity contribution in [1.82, 2.24) is 4.90 Å². The molecule has 0 amide bonds. The summed E-state index contributed by atoms with van der Waals surface area (Å²) in [5, 5.41) is 0.699. The van der Waals surface area contributed by atoms with E-state index in [4.69, 9.17) is 10.5 Å². The minimum absolute atomic E-state index is 0.333. The predicted molar refractivity (Wildman–Crippen MR) is 82.4 cm³/mol. The molecule has 4 heteroatoms. The summed E-state index contributed by atoms with van der Waals surface area (Å²) in [6.45, 7) is 5.89. The number of hydrogen-bond donors (Lipinski definition) is 1. The molecule has 106 valence electrons. The highest BCUT2D eigenvalue weighted by Gasteiger charge is 2.24. The zero-order valence-electron chi connectivity index (χ0n) is 11.8. The van der Waals surface area contributed by atoms with Crippen LogP contribution in [0.15, 0.2) is 24.3 Å². The number of thioether (sulfide) groups is 1. The van der Waals surface area contributed by atoms with Crippen LogP contribution in [-0.2, 0) is 11.3 Å². The van der Waals surface area contributed by atoms with Gasteiger partial charge < -0.3 is 10.5 Å². The first-order valence-electron chi connectivity index (χ1n) is 6.88. The third kappa shape index (κ3) is 3.96. The maximum absolute atomic E-state index is 6.03. The molecule has 0 aromatic heterocycles. The number of hydrogen-bond acceptors (Lipinski definition) is 4. The van der Waals surface area contributed by atoms with Crippen molar-refractivity contribution in [3.63, 3.8) is 0 Å². The summed E-state index contributed by atoms with van der Waals surface area (Å²) < 4.78 is 5.21. The van der Waals surface area contributed by atoms with Gasteiger partial charge in [-0.05, 0) is 11.1 Å². The Kier molecular flexibility index (Phi) is 5.70. The van der Waals surface area contributed by atoms with Crippen LogP contribution in [0.3, 0.4) is 0 Å². The fraction of sp³-hybridized carbons (Fsp3) is 0.600. The second-order valence-electron chi connectivity index (χ2n) is 5.11. The predicted octanol–water partition coefficient (Wildman–Crippen LogP) is 2.27. The van der Waals surface area contributed by atoms with E-state index in [1.54, 1.807) is 7.11 Å². The molecular formula is C15H24N2OS. The first-order chi connectivity index (χ1) is 9.24. The van der Waals surface area contributed by atoms with Crippen LogP contribution in [0.5, 0.6) is 0 Å². The fourth-order valence-electron chi connectivity index (χ4n) is 2.68. The summed E-state index contributed by atoms with van der Waals surface area (Å²) in [4.78, 5) is 2.52. The molecule has 1 aromatic carbocycles. The second-order valence-corrected chi connectivity index (χ2v) is 6.65. The topological polar surface area (TPSA) is 38.5 Å². The van der Waals surface area contributed by atoms with Gasteiger partial charge in [-0.15, -0.1) is 0 Å². The Morgan fingerprint density at radius 2 is 2.37 bits per heavy atom. The summed E-state index contributed by atoms with van der Waals surface area (Å²) in [6.07, 6.45) is 0. The first-order valence-corrected chi connectivity index (χ1v) is 7.93. The van der Waals surface area contributed by atoms with Gasteiger partial charge in [0.2, 0.25) is 0 Å². The molecule has 2 N–H and O–H groups in total. The van der Waals surface area contributed by atoms with Crippen molar-refractivity contribution in [3.8, 4) is 0 Å². The third-order valence-electron chi connectivity index (χ3n) is 3.58. The first kappa shape index (κ1) is 14.9. The number of benzene rings is 1. The normalized spacial score (nSPS) is 22.4. The van der Waals surface area contributed by atoms with E-state index in [0.717, 1.165) is 13.1 Å². The van der Waals surface area contributed by atoms with Gasteiger partial charge in [0.1, 0.15) is 0 Å². The number of nitrogens with zero attached hydrogens (tertiary/aromatic N) is 1. The number of rotatable bonds is 5. The van der Waals surface area contributed by atoms with Gasteiger partial charge in [-0.3, -0.25) is 4.90 Å². The standard InChI is InChI=1S/C15H24N2OS/c1-12-10-17(6-7-19-12)15(9-16)14-5-3-4-13(8-14)11-18-2/h3-5,8,12,15H,6-7,9-11,16H2,1-2H3. The van der Waals surface area contributed by atoms with Crippen molar-refractivity contribution in [3.05, 3.63) is 35.4 Å². The van der Waals surface area contributed by atoms with Crippen LogP contribution in [0.25, 0.3) is 0 Å². The van der Waals surface area contributed by atoms with E-state index >= 15 is 0 Å². The lowest BCUT2D eigenvalue weighted by Crippen LogP contribution is -2.42. The lowest BCUT2D eigenvalue weighted by molar-refractivity contribution is 0.184. The largest absolute Gasteiger partial charge is 0.380 e. The van der Waals surface area contributed by atoms with Gasteiger partial charge in [-0.1, -0.05) is 31.2 Å². The molecule has 0 spiro atoms. The van der Waals surface area contributed by atoms with Crippen LogP contribution in [-0.4, -0.2) is 42.6 Å². The van der Waals surface area contributed by atoms with Crippen molar-refractivity contribution < 1.29 is 4.74 Å². The highest BCUT2D eigenvalue weighted by molar-refractivity contribution is 7.99. The number of ether oxygens (including phenoxy) is 1. The number of methoxy groups -OCH3 is 1. The monoisotopic (exact) mass is 280 g/mol. The van der Waals surface area contributed by atoms with Gasteiger partial charge >= 0.3 is 0 Å². The second kappa shape index (κ2) is 7.29. The van der Waals surface area contributed by atoms with Gasteiger partial charge in [-0.2, -0.15) is 11.8 Å². The van der Waals surface area contributed by atoms with E-state index in [0.29, 0.717) is 24.4 Å². The summed E-state index contributed by atoms with van der Waals surface area (Å²) in [6, 6.07) is 8.96. The molecule has 1 aliphatic rings. The molecule has 2 rings (SSSR count). The molecule has 19 heavy (non-hydrogen) atoms. The Balaban J connectivity index is 2.13. The summed E-state index contributed by atoms with van der Waals surface area (Å²) in [5.74, 6) is 1.20. The van der Waals surface area contributed by atoms with Crippen molar-refractivity contribution in [1.29, 1.82) is 0 Å². The zero-order valence-corrected chi connectivity index (χ0v) is 12.7. The minimum atomic E-state index is 0.333. The molecule has 2 unspecified atom stereocenters. The van der Waals surface area contributed by atoms with Crippen molar-refractivity contribution in [2.24, 2.45) is 5.73 Å². The molecular weight excluding hydrogens is 256 g/mol. The number of nitrogens with two attached hydrogens (primary N) is 1. The van der Waals surface area contributed by atoms with Crippen molar-refractivity contribution in [2.45, 2.75) is 24.8 Å². The van der Waals surface area contributed by atoms with Crippen molar-refractivity contribution >= 4 is 11.8 Å². The fourth-order valence-corrected chi connectivity index (χ4v) is 3.72. The molecule has 2 atom stereocenters. The summed E-state index contributed by atoms with van der Waals surface area (Å²) >= 11 is 2.05. The minimum Gasteiger partial charge on any atom is -0.380 e. The molecule has 1 aromatic rings. The average Bonchev–Trinajstić information content (AvgIpc) is 2.41. The van der Waals surface area contributed by atoms with Gasteiger partial charge in [0, 0.05) is 43.8 Å². The SMILES string of the molecule is COCc1cccc(C(CN)N2CCSC(C)C2)c1. The maximum Gasteiger partial charge on any atom is 0.0713 e. The van der Waals surface area contributed by atoms with Gasteiger partial charge in [-0.25, -0.2) is 0 Å². The lowest BCUT2D eigenvalue weighted by atomic mass is 10.0. The average molecular weight is 280 g/mol. The van der Waals surface area contributed by atoms with E-state index in [2.05, 4.69) is 47.9 Å². The molecule has 1 saturated heterocycles. The molecule has 1 fully saturated rings. The Hall–Kier alpha value is -0.550. The Bertz CT molecular complexity index is 399. The Morgan fingerprint density at radius 3 is 3.05 bits per heavy atom. The molecule has 1 aliphatic heterocycles. The molecule has 1 heterocycles. The van der Waals surface area contributed by atoms with E-state index in [1.165, 1.54) is 16.9 Å². The van der Waals surface area contributed by atoms with Crippen LogP contribution in [0.4, 0.5) is 0 Å². The van der Waals surface area contributed by atoms with E-state index < -0.39 is 0 Å². The van der Waals surface area contributed by atoms with E-state index in [-0.39, 0.29) is 0 Å². The van der Waals surface area contributed by atoms with E-state index in [1.807, 2.05) is 0 Å². The van der Waals surface area contributed by atoms with Gasteiger partial charge in [0.05, 0.1) is 6.61 Å². The highest BCUT2D eigenvalue weighted by Crippen LogP contribution is 2.27. The molecule has 0 radical (unpaired) electrons. The molecule has 3 nitrogen and oxygen atoms in total. The van der Waals surface area contributed by atoms with Gasteiger partial charge in [0.15, 0.2) is 0 Å². The summed E-state index contributed by atoms with van der Waals surface area (Å²) in [5.41, 5.74) is 8.56. The van der Waals surface area contributed by atoms with Crippen LogP contribution >= 0.6 is 11.8 Å². The quantitative estimate of drug-likeness (QED) is 0.898. The molecule has 0 saturated carbocycles. The maximum atomic E-state index is 6.03. The van der Waals surface area contributed by atoms with E-state index in [9.17, 15) is 0 Å². The Labute approximate surface area is 120 Å². The summed E-state index contributed by atoms with van der Waals surface area (Å²) in [7, 11) is 1.73. The van der Waals surface area contributed by atoms with Crippen LogP contribution in [0.2, 0.25) is 0 Å². The molecule has 0 aliphatic carbocycles. The van der Waals surface area contributed by atoms with Crippen LogP contribution in [0, 0.1) is 0 Å². The zero-order chi connectivity index (χ0) is 13.7. The van der Waals surface area contributed by atoms with Crippen LogP contribution in [0.1, 0.15) is 24.1 Å². The lowest BCUT2D eigenvalue weighted by Gasteiger charge is -2.36. The van der Waals surface area contributed by atoms with Crippen LogP contribution < -0.4 is 5.73 Å². The third-order valence-corrected chi connectivity index (χ3v) is 4.72. The van der Waals surface area contributed by atoms with Gasteiger partial charge in [0.25, 0.3) is 0 Å². The Morgan fingerprint density at radius 1 is 1.53 bits per heavy atom. The molecule has 0 bridgehead atoms.